The number of nitrogens with zero attached hydrogens (tertiary/aromatic N) is 3. The van der Waals surface area contributed by atoms with Crippen LogP contribution in [-0.2, 0) is 9.53 Å². The first-order chi connectivity index (χ1) is 11.7. The summed E-state index contributed by atoms with van der Waals surface area (Å²) in [6, 6.07) is 3.13. The molecule has 0 spiro atoms. The zero-order valence-corrected chi connectivity index (χ0v) is 14.7. The maximum Gasteiger partial charge on any atom is 0.338 e. The number of fused-ring (bicyclic) bond motifs is 1. The van der Waals surface area contributed by atoms with Crippen LogP contribution in [0.15, 0.2) is 39.2 Å². The number of esters is 1. The maximum atomic E-state index is 12.6. The Morgan fingerprint density at radius 3 is 3.00 bits per heavy atom. The Morgan fingerprint density at radius 2 is 2.33 bits per heavy atom. The Hall–Kier alpha value is -2.22. The molecule has 2 aromatic heterocycles. The van der Waals surface area contributed by atoms with Gasteiger partial charge in [-0.2, -0.15) is 4.98 Å². The number of ether oxygens (including phenoxy) is 1. The summed E-state index contributed by atoms with van der Waals surface area (Å²) in [6.45, 7) is 6.21. The van der Waals surface area contributed by atoms with Crippen LogP contribution in [0.2, 0.25) is 0 Å². The zero-order valence-electron chi connectivity index (χ0n) is 13.9. The third-order valence-corrected chi connectivity index (χ3v) is 4.30. The summed E-state index contributed by atoms with van der Waals surface area (Å²) >= 11 is 1.54. The van der Waals surface area contributed by atoms with Gasteiger partial charge in [0.2, 0.25) is 11.1 Å². The minimum absolute atomic E-state index is 0.367. The number of aromatic nitrogens is 3. The topological polar surface area (TPSA) is 82.2 Å². The van der Waals surface area contributed by atoms with Crippen LogP contribution < -0.4 is 5.32 Å². The molecule has 7 nitrogen and oxygen atoms in total. The second-order valence-corrected chi connectivity index (χ2v) is 6.54. The monoisotopic (exact) mass is 348 g/mol. The van der Waals surface area contributed by atoms with Crippen molar-refractivity contribution in [2.75, 3.05) is 17.7 Å². The van der Waals surface area contributed by atoms with E-state index in [1.165, 1.54) is 0 Å². The maximum absolute atomic E-state index is 12.6. The second kappa shape index (κ2) is 7.12. The fraction of sp³-hybridized carbons (Fsp3) is 0.438. The molecule has 0 saturated carbocycles. The molecule has 0 radical (unpaired) electrons. The van der Waals surface area contributed by atoms with Crippen molar-refractivity contribution in [1.29, 1.82) is 0 Å². The lowest BCUT2D eigenvalue weighted by molar-refractivity contribution is -0.139. The van der Waals surface area contributed by atoms with Crippen LogP contribution in [0.25, 0.3) is 0 Å². The van der Waals surface area contributed by atoms with E-state index >= 15 is 0 Å². The van der Waals surface area contributed by atoms with Gasteiger partial charge in [-0.3, -0.25) is 0 Å². The number of nitrogens with one attached hydrogen (secondary N) is 1. The van der Waals surface area contributed by atoms with Gasteiger partial charge in [0.1, 0.15) is 11.8 Å². The Labute approximate surface area is 144 Å². The Kier molecular flexibility index (Phi) is 4.94. The van der Waals surface area contributed by atoms with E-state index < -0.39 is 6.04 Å². The SMILES string of the molecule is CCCOC(=O)C1=C(C)Nc2nc(SCC)nn2C1c1ccco1. The molecule has 0 aliphatic carbocycles. The third kappa shape index (κ3) is 3.06. The molecule has 3 rings (SSSR count). The Bertz CT molecular complexity index is 751. The van der Waals surface area contributed by atoms with Gasteiger partial charge in [-0.1, -0.05) is 25.6 Å². The summed E-state index contributed by atoms with van der Waals surface area (Å²) in [7, 11) is 0. The van der Waals surface area contributed by atoms with Crippen molar-refractivity contribution in [1.82, 2.24) is 14.8 Å². The van der Waals surface area contributed by atoms with Crippen LogP contribution in [-0.4, -0.2) is 33.1 Å². The number of hydrogen-bond acceptors (Lipinski definition) is 7. The number of anilines is 1. The fourth-order valence-electron chi connectivity index (χ4n) is 2.57. The highest BCUT2D eigenvalue weighted by Gasteiger charge is 2.36. The van der Waals surface area contributed by atoms with E-state index in [1.807, 2.05) is 26.8 Å². The number of hydrogen-bond donors (Lipinski definition) is 1. The summed E-state index contributed by atoms with van der Waals surface area (Å²) in [5.74, 6) is 1.72. The number of carbonyl (C=O) groups is 1. The van der Waals surface area contributed by atoms with Gasteiger partial charge in [-0.05, 0) is 31.2 Å². The fourth-order valence-corrected chi connectivity index (χ4v) is 3.12. The molecule has 0 bridgehead atoms. The largest absolute Gasteiger partial charge is 0.467 e. The van der Waals surface area contributed by atoms with Crippen molar-refractivity contribution >= 4 is 23.7 Å². The quantitative estimate of drug-likeness (QED) is 0.634. The first-order valence-corrected chi connectivity index (χ1v) is 8.91. The smallest absolute Gasteiger partial charge is 0.338 e. The van der Waals surface area contributed by atoms with Gasteiger partial charge in [0, 0.05) is 5.70 Å². The van der Waals surface area contributed by atoms with Crippen molar-refractivity contribution in [3.8, 4) is 0 Å². The minimum Gasteiger partial charge on any atom is -0.467 e. The molecular formula is C16H20N4O3S. The predicted molar refractivity (Wildman–Crippen MR) is 90.8 cm³/mol. The highest BCUT2D eigenvalue weighted by Crippen LogP contribution is 2.36. The average Bonchev–Trinajstić information content (AvgIpc) is 3.20. The number of carbonyl (C=O) groups excluding carboxylic acids is 1. The first kappa shape index (κ1) is 16.6. The molecule has 3 heterocycles. The third-order valence-electron chi connectivity index (χ3n) is 3.58. The van der Waals surface area contributed by atoms with Gasteiger partial charge in [-0.15, -0.1) is 5.10 Å². The van der Waals surface area contributed by atoms with Crippen molar-refractivity contribution < 1.29 is 13.9 Å². The summed E-state index contributed by atoms with van der Waals surface area (Å²) in [6.07, 6.45) is 2.35. The number of furan rings is 1. The Balaban J connectivity index is 2.04. The summed E-state index contributed by atoms with van der Waals surface area (Å²) in [5, 5.41) is 8.34. The molecule has 1 aliphatic heterocycles. The molecule has 128 valence electrons. The van der Waals surface area contributed by atoms with Gasteiger partial charge < -0.3 is 14.5 Å². The lowest BCUT2D eigenvalue weighted by Gasteiger charge is -2.26. The Morgan fingerprint density at radius 1 is 1.50 bits per heavy atom. The molecule has 8 heteroatoms. The molecule has 0 saturated heterocycles. The van der Waals surface area contributed by atoms with Gasteiger partial charge in [0.05, 0.1) is 18.4 Å². The van der Waals surface area contributed by atoms with Crippen LogP contribution in [0, 0.1) is 0 Å². The normalized spacial score (nSPS) is 16.7. The molecule has 1 aliphatic rings. The van der Waals surface area contributed by atoms with E-state index in [9.17, 15) is 4.79 Å². The molecule has 2 aromatic rings. The van der Waals surface area contributed by atoms with Crippen LogP contribution in [0.4, 0.5) is 5.95 Å². The predicted octanol–water partition coefficient (Wildman–Crippen LogP) is 3.23. The van der Waals surface area contributed by atoms with Crippen molar-refractivity contribution in [2.45, 2.75) is 38.4 Å². The molecule has 0 aromatic carbocycles. The average molecular weight is 348 g/mol. The lowest BCUT2D eigenvalue weighted by atomic mass is 10.0. The van der Waals surface area contributed by atoms with E-state index in [-0.39, 0.29) is 5.97 Å². The standard InChI is InChI=1S/C16H20N4O3S/c1-4-8-23-14(21)12-10(3)17-15-18-16(24-5-2)19-20(15)13(12)11-7-6-9-22-11/h6-7,9,13H,4-5,8H2,1-3H3,(H,17,18,19). The summed E-state index contributed by atoms with van der Waals surface area (Å²) < 4.78 is 12.6. The van der Waals surface area contributed by atoms with Crippen LogP contribution in [0.3, 0.4) is 0 Å². The number of allylic oxidation sites excluding steroid dienone is 1. The first-order valence-electron chi connectivity index (χ1n) is 7.93. The van der Waals surface area contributed by atoms with Gasteiger partial charge in [0.15, 0.2) is 0 Å². The number of rotatable bonds is 6. The molecule has 1 atom stereocenters. The molecule has 0 fully saturated rings. The van der Waals surface area contributed by atoms with E-state index in [0.29, 0.717) is 34.7 Å². The molecule has 0 amide bonds. The van der Waals surface area contributed by atoms with E-state index in [2.05, 4.69) is 15.4 Å². The minimum atomic E-state index is -0.487. The summed E-state index contributed by atoms with van der Waals surface area (Å²) in [4.78, 5) is 17.1. The second-order valence-electron chi connectivity index (χ2n) is 5.31. The number of thioether (sulfide) groups is 1. The van der Waals surface area contributed by atoms with Gasteiger partial charge in [-0.25, -0.2) is 9.48 Å². The lowest BCUT2D eigenvalue weighted by Crippen LogP contribution is -2.29. The molecule has 24 heavy (non-hydrogen) atoms. The van der Waals surface area contributed by atoms with Gasteiger partial charge >= 0.3 is 5.97 Å². The molecule has 1 N–H and O–H groups in total. The van der Waals surface area contributed by atoms with E-state index in [4.69, 9.17) is 9.15 Å². The van der Waals surface area contributed by atoms with Crippen LogP contribution in [0.1, 0.15) is 39.0 Å². The summed E-state index contributed by atoms with van der Waals surface area (Å²) in [5.41, 5.74) is 1.19. The van der Waals surface area contributed by atoms with E-state index in [0.717, 1.165) is 12.2 Å². The highest BCUT2D eigenvalue weighted by molar-refractivity contribution is 7.99. The van der Waals surface area contributed by atoms with Crippen molar-refractivity contribution in [3.63, 3.8) is 0 Å². The zero-order chi connectivity index (χ0) is 17.1. The van der Waals surface area contributed by atoms with Crippen molar-refractivity contribution in [3.05, 3.63) is 35.4 Å². The van der Waals surface area contributed by atoms with Gasteiger partial charge in [0.25, 0.3) is 0 Å². The van der Waals surface area contributed by atoms with Crippen LogP contribution in [0.5, 0.6) is 0 Å². The van der Waals surface area contributed by atoms with Crippen molar-refractivity contribution in [2.24, 2.45) is 0 Å². The van der Waals surface area contributed by atoms with E-state index in [1.54, 1.807) is 28.8 Å². The molecular weight excluding hydrogens is 328 g/mol. The van der Waals surface area contributed by atoms with Crippen LogP contribution >= 0.6 is 11.8 Å². The highest BCUT2D eigenvalue weighted by atomic mass is 32.2. The molecule has 1 unspecified atom stereocenters.